The fourth-order valence-electron chi connectivity index (χ4n) is 1.51. The van der Waals surface area contributed by atoms with Gasteiger partial charge in [0.05, 0.1) is 18.8 Å². The third-order valence-electron chi connectivity index (χ3n) is 2.53. The van der Waals surface area contributed by atoms with Crippen molar-refractivity contribution in [2.75, 3.05) is 12.9 Å². The quantitative estimate of drug-likeness (QED) is 0.560. The van der Waals surface area contributed by atoms with Gasteiger partial charge in [0.2, 0.25) is 0 Å². The summed E-state index contributed by atoms with van der Waals surface area (Å²) in [6.07, 6.45) is -2.32. The normalized spacial score (nSPS) is 14.1. The van der Waals surface area contributed by atoms with E-state index in [1.807, 2.05) is 0 Å². The molecule has 18 heavy (non-hydrogen) atoms. The van der Waals surface area contributed by atoms with Crippen molar-refractivity contribution in [3.63, 3.8) is 0 Å². The number of benzene rings is 1. The van der Waals surface area contributed by atoms with Crippen molar-refractivity contribution in [2.24, 2.45) is 0 Å². The number of ether oxygens (including phenoxy) is 1. The molecule has 0 saturated heterocycles. The number of esters is 1. The van der Waals surface area contributed by atoms with Crippen LogP contribution in [0.15, 0.2) is 18.2 Å². The molecule has 0 radical (unpaired) electrons. The molecular formula is C12H15FO4S. The number of methoxy groups -OCH3 is 1. The minimum Gasteiger partial charge on any atom is -0.465 e. The van der Waals surface area contributed by atoms with E-state index in [0.29, 0.717) is 5.75 Å². The Hall–Kier alpha value is -1.11. The van der Waals surface area contributed by atoms with Crippen LogP contribution in [-0.4, -0.2) is 35.1 Å². The zero-order valence-corrected chi connectivity index (χ0v) is 10.7. The molecule has 0 spiro atoms. The van der Waals surface area contributed by atoms with Crippen LogP contribution in [0, 0.1) is 5.82 Å². The molecule has 1 aromatic rings. The van der Waals surface area contributed by atoms with Crippen molar-refractivity contribution < 1.29 is 24.1 Å². The van der Waals surface area contributed by atoms with E-state index in [4.69, 9.17) is 0 Å². The van der Waals surface area contributed by atoms with Gasteiger partial charge in [-0.1, -0.05) is 0 Å². The van der Waals surface area contributed by atoms with E-state index in [2.05, 4.69) is 17.4 Å². The first-order valence-electron chi connectivity index (χ1n) is 5.36. The Kier molecular flexibility index (Phi) is 5.58. The summed E-state index contributed by atoms with van der Waals surface area (Å²) in [5, 5.41) is 19.4. The Balaban J connectivity index is 3.03. The van der Waals surface area contributed by atoms with Crippen molar-refractivity contribution in [3.8, 4) is 0 Å². The third-order valence-corrected chi connectivity index (χ3v) is 2.78. The minimum absolute atomic E-state index is 0.117. The lowest BCUT2D eigenvalue weighted by Gasteiger charge is -2.18. The molecule has 0 aliphatic rings. The molecule has 0 heterocycles. The highest BCUT2D eigenvalue weighted by Crippen LogP contribution is 2.23. The number of rotatable bonds is 5. The molecule has 1 aromatic carbocycles. The Labute approximate surface area is 110 Å². The Morgan fingerprint density at radius 2 is 2.17 bits per heavy atom. The van der Waals surface area contributed by atoms with Crippen molar-refractivity contribution in [3.05, 3.63) is 35.1 Å². The number of carbonyl (C=O) groups excluding carboxylic acids is 1. The SMILES string of the molecule is COC(=O)c1ccc(F)c(C(O)C(O)CCS)c1. The second kappa shape index (κ2) is 6.72. The van der Waals surface area contributed by atoms with Crippen LogP contribution in [0.3, 0.4) is 0 Å². The van der Waals surface area contributed by atoms with Crippen LogP contribution in [-0.2, 0) is 4.74 Å². The highest BCUT2D eigenvalue weighted by Gasteiger charge is 2.22. The Morgan fingerprint density at radius 3 is 2.72 bits per heavy atom. The van der Waals surface area contributed by atoms with Crippen molar-refractivity contribution in [1.82, 2.24) is 0 Å². The fourth-order valence-corrected chi connectivity index (χ4v) is 1.78. The predicted molar refractivity (Wildman–Crippen MR) is 67.2 cm³/mol. The Bertz CT molecular complexity index is 425. The highest BCUT2D eigenvalue weighted by atomic mass is 32.1. The molecular weight excluding hydrogens is 259 g/mol. The molecule has 100 valence electrons. The first-order chi connectivity index (χ1) is 8.51. The van der Waals surface area contributed by atoms with Gasteiger partial charge in [0.25, 0.3) is 0 Å². The van der Waals surface area contributed by atoms with Gasteiger partial charge in [0, 0.05) is 5.56 Å². The maximum Gasteiger partial charge on any atom is 0.337 e. The minimum atomic E-state index is -1.40. The van der Waals surface area contributed by atoms with E-state index >= 15 is 0 Å². The van der Waals surface area contributed by atoms with Gasteiger partial charge in [-0.3, -0.25) is 0 Å². The monoisotopic (exact) mass is 274 g/mol. The first kappa shape index (κ1) is 14.9. The number of aliphatic hydroxyl groups excluding tert-OH is 2. The molecule has 6 heteroatoms. The number of hydrogen-bond donors (Lipinski definition) is 3. The van der Waals surface area contributed by atoms with Crippen LogP contribution in [0.5, 0.6) is 0 Å². The number of thiol groups is 1. The maximum atomic E-state index is 13.5. The standard InChI is InChI=1S/C12H15FO4S/c1-17-12(16)7-2-3-9(13)8(6-7)11(15)10(14)4-5-18/h2-3,6,10-11,14-15,18H,4-5H2,1H3. The van der Waals surface area contributed by atoms with Crippen LogP contribution in [0.4, 0.5) is 4.39 Å². The van der Waals surface area contributed by atoms with Gasteiger partial charge in [0.15, 0.2) is 0 Å². The molecule has 0 aromatic heterocycles. The zero-order valence-electron chi connectivity index (χ0n) is 9.84. The van der Waals surface area contributed by atoms with Gasteiger partial charge in [0.1, 0.15) is 11.9 Å². The van der Waals surface area contributed by atoms with E-state index in [9.17, 15) is 19.4 Å². The summed E-state index contributed by atoms with van der Waals surface area (Å²) in [5.74, 6) is -0.961. The smallest absolute Gasteiger partial charge is 0.337 e. The lowest BCUT2D eigenvalue weighted by atomic mass is 10.00. The van der Waals surface area contributed by atoms with Crippen LogP contribution in [0.2, 0.25) is 0 Å². The summed E-state index contributed by atoms with van der Waals surface area (Å²) < 4.78 is 18.0. The van der Waals surface area contributed by atoms with Crippen molar-refractivity contribution in [1.29, 1.82) is 0 Å². The van der Waals surface area contributed by atoms with Gasteiger partial charge in [-0.05, 0) is 30.4 Å². The van der Waals surface area contributed by atoms with Crippen molar-refractivity contribution >= 4 is 18.6 Å². The number of carbonyl (C=O) groups is 1. The summed E-state index contributed by atoms with van der Waals surface area (Å²) in [6.45, 7) is 0. The van der Waals surface area contributed by atoms with Gasteiger partial charge >= 0.3 is 5.97 Å². The molecule has 1 rings (SSSR count). The van der Waals surface area contributed by atoms with Gasteiger partial charge in [-0.15, -0.1) is 0 Å². The van der Waals surface area contributed by atoms with E-state index in [-0.39, 0.29) is 17.5 Å². The van der Waals surface area contributed by atoms with Crippen LogP contribution in [0.1, 0.15) is 28.4 Å². The zero-order chi connectivity index (χ0) is 13.7. The molecule has 0 aliphatic carbocycles. The van der Waals surface area contributed by atoms with Crippen molar-refractivity contribution in [2.45, 2.75) is 18.6 Å². The summed E-state index contributed by atoms with van der Waals surface area (Å²) in [4.78, 5) is 11.3. The largest absolute Gasteiger partial charge is 0.465 e. The maximum absolute atomic E-state index is 13.5. The lowest BCUT2D eigenvalue weighted by molar-refractivity contribution is 0.0150. The van der Waals surface area contributed by atoms with Crippen LogP contribution < -0.4 is 0 Å². The molecule has 0 amide bonds. The second-order valence-electron chi connectivity index (χ2n) is 3.75. The molecule has 0 aliphatic heterocycles. The van der Waals surface area contributed by atoms with E-state index in [1.165, 1.54) is 19.2 Å². The van der Waals surface area contributed by atoms with Crippen LogP contribution >= 0.6 is 12.6 Å². The molecule has 4 nitrogen and oxygen atoms in total. The molecule has 0 fully saturated rings. The predicted octanol–water partition coefficient (Wildman–Crippen LogP) is 1.33. The first-order valence-corrected chi connectivity index (χ1v) is 5.99. The van der Waals surface area contributed by atoms with E-state index in [0.717, 1.165) is 6.07 Å². The summed E-state index contributed by atoms with van der Waals surface area (Å²) in [5.41, 5.74) is -0.0155. The molecule has 2 unspecified atom stereocenters. The highest BCUT2D eigenvalue weighted by molar-refractivity contribution is 7.80. The second-order valence-corrected chi connectivity index (χ2v) is 4.20. The summed E-state index contributed by atoms with van der Waals surface area (Å²) in [7, 11) is 1.21. The van der Waals surface area contributed by atoms with Gasteiger partial charge in [-0.2, -0.15) is 12.6 Å². The molecule has 2 N–H and O–H groups in total. The number of aliphatic hydroxyl groups is 2. The van der Waals surface area contributed by atoms with E-state index < -0.39 is 24.0 Å². The number of hydrogen-bond acceptors (Lipinski definition) is 5. The van der Waals surface area contributed by atoms with Gasteiger partial charge in [-0.25, -0.2) is 9.18 Å². The summed E-state index contributed by atoms with van der Waals surface area (Å²) in [6, 6.07) is 3.48. The molecule has 0 saturated carbocycles. The summed E-state index contributed by atoms with van der Waals surface area (Å²) >= 11 is 3.92. The Morgan fingerprint density at radius 1 is 1.50 bits per heavy atom. The lowest BCUT2D eigenvalue weighted by Crippen LogP contribution is -2.20. The van der Waals surface area contributed by atoms with E-state index in [1.54, 1.807) is 0 Å². The van der Waals surface area contributed by atoms with Crippen LogP contribution in [0.25, 0.3) is 0 Å². The fraction of sp³-hybridized carbons (Fsp3) is 0.417. The average molecular weight is 274 g/mol. The number of halogens is 1. The average Bonchev–Trinajstić information content (AvgIpc) is 2.37. The van der Waals surface area contributed by atoms with Gasteiger partial charge < -0.3 is 14.9 Å². The topological polar surface area (TPSA) is 66.8 Å². The molecule has 0 bridgehead atoms. The molecule has 2 atom stereocenters. The third kappa shape index (κ3) is 3.44.